The molecule has 0 aliphatic heterocycles. The molecular weight excluding hydrogens is 373 g/mol. The highest BCUT2D eigenvalue weighted by atomic mass is 35.5. The Morgan fingerprint density at radius 1 is 1.20 bits per heavy atom. The zero-order valence-electron chi connectivity index (χ0n) is 12.8. The zero-order chi connectivity index (χ0) is 18.4. The van der Waals surface area contributed by atoms with E-state index in [0.717, 1.165) is 16.8 Å². The Morgan fingerprint density at radius 2 is 1.96 bits per heavy atom. The quantitative estimate of drug-likeness (QED) is 0.711. The maximum atomic E-state index is 11.7. The molecular formula is C15H13Cl2N3O5. The Balaban J connectivity index is 1.80. The van der Waals surface area contributed by atoms with Crippen LogP contribution in [0.5, 0.6) is 0 Å². The van der Waals surface area contributed by atoms with Crippen molar-refractivity contribution in [3.05, 3.63) is 66.9 Å². The molecule has 0 spiro atoms. The van der Waals surface area contributed by atoms with Crippen molar-refractivity contribution in [3.8, 4) is 0 Å². The lowest BCUT2D eigenvalue weighted by atomic mass is 10.2. The number of aromatic amines is 1. The highest BCUT2D eigenvalue weighted by Gasteiger charge is 2.10. The first-order chi connectivity index (χ1) is 11.8. The molecule has 0 bridgehead atoms. The second-order valence-electron chi connectivity index (χ2n) is 4.91. The summed E-state index contributed by atoms with van der Waals surface area (Å²) in [6.07, 6.45) is 1.16. The molecule has 0 aliphatic carbocycles. The molecule has 1 amide bonds. The molecule has 0 radical (unpaired) electrons. The first-order valence-corrected chi connectivity index (χ1v) is 7.77. The molecule has 2 rings (SSSR count). The number of esters is 1. The van der Waals surface area contributed by atoms with Crippen molar-refractivity contribution >= 4 is 35.1 Å². The van der Waals surface area contributed by atoms with E-state index in [-0.39, 0.29) is 6.54 Å². The van der Waals surface area contributed by atoms with Gasteiger partial charge in [-0.05, 0) is 17.7 Å². The lowest BCUT2D eigenvalue weighted by Gasteiger charge is -2.08. The molecule has 0 unspecified atom stereocenters. The first-order valence-electron chi connectivity index (χ1n) is 7.01. The standard InChI is InChI=1S/C15H13Cl2N3O5/c16-10-2-1-9(11(17)5-10)6-18-13(22)8-25-14(23)7-20-4-3-12(21)19-15(20)24/h1-5H,6-8H2,(H,18,22)(H,19,21,24). The Morgan fingerprint density at radius 3 is 2.64 bits per heavy atom. The zero-order valence-corrected chi connectivity index (χ0v) is 14.3. The Labute approximate surface area is 151 Å². The predicted octanol–water partition coefficient (Wildman–Crippen LogP) is 0.703. The van der Waals surface area contributed by atoms with Crippen LogP contribution in [0.1, 0.15) is 5.56 Å². The minimum Gasteiger partial charge on any atom is -0.454 e. The van der Waals surface area contributed by atoms with Crippen LogP contribution < -0.4 is 16.6 Å². The first kappa shape index (κ1) is 18.8. The molecule has 2 N–H and O–H groups in total. The number of benzene rings is 1. The SMILES string of the molecule is O=C(COC(=O)Cn1ccc(=O)[nH]c1=O)NCc1ccc(Cl)cc1Cl. The lowest BCUT2D eigenvalue weighted by molar-refractivity contribution is -0.149. The average Bonchev–Trinajstić information content (AvgIpc) is 2.55. The van der Waals surface area contributed by atoms with Gasteiger partial charge in [0.05, 0.1) is 0 Å². The number of ether oxygens (including phenoxy) is 1. The predicted molar refractivity (Wildman–Crippen MR) is 90.6 cm³/mol. The van der Waals surface area contributed by atoms with Crippen LogP contribution in [-0.2, 0) is 27.4 Å². The van der Waals surface area contributed by atoms with E-state index in [4.69, 9.17) is 27.9 Å². The van der Waals surface area contributed by atoms with E-state index in [0.29, 0.717) is 15.6 Å². The number of rotatable bonds is 6. The number of halogens is 2. The summed E-state index contributed by atoms with van der Waals surface area (Å²) in [5.74, 6) is -1.33. The van der Waals surface area contributed by atoms with Crippen molar-refractivity contribution in [1.29, 1.82) is 0 Å². The van der Waals surface area contributed by atoms with Gasteiger partial charge in [0, 0.05) is 28.9 Å². The van der Waals surface area contributed by atoms with Crippen LogP contribution in [0.4, 0.5) is 0 Å². The number of amides is 1. The number of hydrogen-bond donors (Lipinski definition) is 2. The Kier molecular flexibility index (Phi) is 6.37. The highest BCUT2D eigenvalue weighted by Crippen LogP contribution is 2.20. The fraction of sp³-hybridized carbons (Fsp3) is 0.200. The van der Waals surface area contributed by atoms with Crippen LogP contribution in [0, 0.1) is 0 Å². The van der Waals surface area contributed by atoms with Crippen molar-refractivity contribution in [2.24, 2.45) is 0 Å². The summed E-state index contributed by atoms with van der Waals surface area (Å²) in [6.45, 7) is -0.792. The van der Waals surface area contributed by atoms with Gasteiger partial charge >= 0.3 is 11.7 Å². The molecule has 10 heteroatoms. The molecule has 1 aromatic carbocycles. The minimum absolute atomic E-state index is 0.145. The van der Waals surface area contributed by atoms with E-state index < -0.39 is 36.3 Å². The molecule has 1 aromatic heterocycles. The number of carbonyl (C=O) groups excluding carboxylic acids is 2. The number of carbonyl (C=O) groups is 2. The van der Waals surface area contributed by atoms with Gasteiger partial charge < -0.3 is 10.1 Å². The van der Waals surface area contributed by atoms with Crippen LogP contribution in [0.3, 0.4) is 0 Å². The van der Waals surface area contributed by atoms with Crippen molar-refractivity contribution in [2.45, 2.75) is 13.1 Å². The van der Waals surface area contributed by atoms with E-state index in [1.165, 1.54) is 0 Å². The fourth-order valence-corrected chi connectivity index (χ4v) is 2.28. The van der Waals surface area contributed by atoms with Crippen LogP contribution in [0.15, 0.2) is 40.1 Å². The summed E-state index contributed by atoms with van der Waals surface area (Å²) >= 11 is 11.8. The van der Waals surface area contributed by atoms with Gasteiger partial charge in [-0.1, -0.05) is 29.3 Å². The van der Waals surface area contributed by atoms with Crippen molar-refractivity contribution in [2.75, 3.05) is 6.61 Å². The van der Waals surface area contributed by atoms with Crippen LogP contribution in [-0.4, -0.2) is 28.0 Å². The lowest BCUT2D eigenvalue weighted by Crippen LogP contribution is -2.33. The van der Waals surface area contributed by atoms with Crippen molar-refractivity contribution < 1.29 is 14.3 Å². The Bertz CT molecular complexity index is 907. The molecule has 0 aliphatic rings. The van der Waals surface area contributed by atoms with Gasteiger partial charge in [-0.25, -0.2) is 4.79 Å². The molecule has 2 aromatic rings. The van der Waals surface area contributed by atoms with Crippen LogP contribution >= 0.6 is 23.2 Å². The summed E-state index contributed by atoms with van der Waals surface area (Å²) < 4.78 is 5.73. The van der Waals surface area contributed by atoms with Crippen molar-refractivity contribution in [3.63, 3.8) is 0 Å². The molecule has 0 saturated heterocycles. The largest absolute Gasteiger partial charge is 0.454 e. The minimum atomic E-state index is -0.797. The third kappa shape index (κ3) is 5.77. The third-order valence-corrected chi connectivity index (χ3v) is 3.64. The topological polar surface area (TPSA) is 110 Å². The number of aromatic nitrogens is 2. The number of nitrogens with one attached hydrogen (secondary N) is 2. The van der Waals surface area contributed by atoms with Gasteiger partial charge in [0.15, 0.2) is 6.61 Å². The van der Waals surface area contributed by atoms with E-state index in [1.807, 2.05) is 4.98 Å². The van der Waals surface area contributed by atoms with E-state index in [2.05, 4.69) is 5.32 Å². The summed E-state index contributed by atoms with van der Waals surface area (Å²) in [7, 11) is 0. The second-order valence-corrected chi connectivity index (χ2v) is 5.75. The average molecular weight is 386 g/mol. The van der Waals surface area contributed by atoms with Gasteiger partial charge in [-0.3, -0.25) is 23.9 Å². The summed E-state index contributed by atoms with van der Waals surface area (Å²) in [4.78, 5) is 47.7. The summed E-state index contributed by atoms with van der Waals surface area (Å²) in [5, 5.41) is 3.42. The molecule has 0 atom stereocenters. The molecule has 132 valence electrons. The normalized spacial score (nSPS) is 10.3. The van der Waals surface area contributed by atoms with E-state index in [1.54, 1.807) is 18.2 Å². The second kappa shape index (κ2) is 8.50. The smallest absolute Gasteiger partial charge is 0.328 e. The van der Waals surface area contributed by atoms with Gasteiger partial charge in [0.1, 0.15) is 6.54 Å². The van der Waals surface area contributed by atoms with Gasteiger partial charge in [-0.15, -0.1) is 0 Å². The maximum absolute atomic E-state index is 11.7. The van der Waals surface area contributed by atoms with E-state index >= 15 is 0 Å². The number of nitrogens with zero attached hydrogens (tertiary/aromatic N) is 1. The summed E-state index contributed by atoms with van der Waals surface area (Å²) in [6, 6.07) is 5.94. The van der Waals surface area contributed by atoms with Crippen LogP contribution in [0.2, 0.25) is 10.0 Å². The molecule has 0 saturated carbocycles. The van der Waals surface area contributed by atoms with Crippen LogP contribution in [0.25, 0.3) is 0 Å². The van der Waals surface area contributed by atoms with Gasteiger partial charge in [-0.2, -0.15) is 0 Å². The number of hydrogen-bond acceptors (Lipinski definition) is 5. The molecule has 0 fully saturated rings. The Hall–Kier alpha value is -2.58. The highest BCUT2D eigenvalue weighted by molar-refractivity contribution is 6.35. The van der Waals surface area contributed by atoms with E-state index in [9.17, 15) is 19.2 Å². The molecule has 8 nitrogen and oxygen atoms in total. The third-order valence-electron chi connectivity index (χ3n) is 3.05. The van der Waals surface area contributed by atoms with Gasteiger partial charge in [0.25, 0.3) is 11.5 Å². The van der Waals surface area contributed by atoms with Crippen molar-refractivity contribution in [1.82, 2.24) is 14.9 Å². The molecule has 25 heavy (non-hydrogen) atoms. The number of H-pyrrole nitrogens is 1. The van der Waals surface area contributed by atoms with Gasteiger partial charge in [0.2, 0.25) is 0 Å². The molecule has 1 heterocycles. The fourth-order valence-electron chi connectivity index (χ4n) is 1.81. The monoisotopic (exact) mass is 385 g/mol. The maximum Gasteiger partial charge on any atom is 0.328 e. The summed E-state index contributed by atoms with van der Waals surface area (Å²) in [5.41, 5.74) is -0.660.